The van der Waals surface area contributed by atoms with E-state index in [0.29, 0.717) is 18.8 Å². The van der Waals surface area contributed by atoms with Crippen LogP contribution in [-0.2, 0) is 9.47 Å². The molecule has 0 spiro atoms. The summed E-state index contributed by atoms with van der Waals surface area (Å²) >= 11 is 0. The molecule has 3 heteroatoms. The second kappa shape index (κ2) is 7.76. The lowest BCUT2D eigenvalue weighted by Gasteiger charge is -2.12. The van der Waals surface area contributed by atoms with Gasteiger partial charge in [-0.1, -0.05) is 30.3 Å². The van der Waals surface area contributed by atoms with Crippen molar-refractivity contribution in [3.63, 3.8) is 0 Å². The summed E-state index contributed by atoms with van der Waals surface area (Å²) in [6.45, 7) is 5.08. The summed E-state index contributed by atoms with van der Waals surface area (Å²) in [5.41, 5.74) is 1.69. The van der Waals surface area contributed by atoms with Crippen LogP contribution in [-0.4, -0.2) is 25.8 Å². The summed E-state index contributed by atoms with van der Waals surface area (Å²) in [5.74, 6) is 0. The first kappa shape index (κ1) is 13.6. The third kappa shape index (κ3) is 4.93. The van der Waals surface area contributed by atoms with Crippen LogP contribution in [0, 0.1) is 0 Å². The van der Waals surface area contributed by atoms with Gasteiger partial charge in [-0.15, -0.1) is 0 Å². The van der Waals surface area contributed by atoms with Crippen LogP contribution >= 0.6 is 0 Å². The van der Waals surface area contributed by atoms with Crippen molar-refractivity contribution in [3.05, 3.63) is 41.5 Å². The monoisotopic (exact) mass is 234 g/mol. The molecule has 0 saturated carbocycles. The summed E-state index contributed by atoms with van der Waals surface area (Å²) in [6, 6.07) is 7.33. The molecule has 0 heterocycles. The highest BCUT2D eigenvalue weighted by molar-refractivity contribution is 5.75. The molecule has 0 radical (unpaired) electrons. The minimum absolute atomic E-state index is 0.309. The second-order valence-corrected chi connectivity index (χ2v) is 3.42. The number of carbonyl (C=O) groups is 1. The molecule has 0 unspecified atom stereocenters. The molecule has 1 aromatic rings. The maximum absolute atomic E-state index is 10.5. The molecule has 0 aliphatic carbocycles. The molecule has 17 heavy (non-hydrogen) atoms. The molecule has 0 fully saturated rings. The number of hydrogen-bond acceptors (Lipinski definition) is 3. The molecular formula is C14H18O3. The Bertz CT molecular complexity index is 348. The van der Waals surface area contributed by atoms with E-state index in [0.717, 1.165) is 11.8 Å². The van der Waals surface area contributed by atoms with Crippen molar-refractivity contribution in [3.8, 4) is 0 Å². The smallest absolute Gasteiger partial charge is 0.177 e. The lowest BCUT2D eigenvalue weighted by Crippen LogP contribution is -2.13. The van der Waals surface area contributed by atoms with E-state index in [4.69, 9.17) is 9.47 Å². The van der Waals surface area contributed by atoms with E-state index in [1.54, 1.807) is 12.1 Å². The zero-order valence-corrected chi connectivity index (χ0v) is 10.3. The standard InChI is InChI=1S/C14H18O3/c1-3-16-14(17-4-2)10-9-12-5-7-13(11-15)8-6-12/h5-11,14H,3-4H2,1-2H3/b10-9+. The number of ether oxygens (including phenoxy) is 2. The molecule has 0 amide bonds. The second-order valence-electron chi connectivity index (χ2n) is 3.42. The van der Waals surface area contributed by atoms with Crippen LogP contribution in [0.3, 0.4) is 0 Å². The molecule has 3 nitrogen and oxygen atoms in total. The Kier molecular flexibility index (Phi) is 6.22. The van der Waals surface area contributed by atoms with Gasteiger partial charge in [0.05, 0.1) is 0 Å². The van der Waals surface area contributed by atoms with Crippen LogP contribution in [0.1, 0.15) is 29.8 Å². The number of aldehydes is 1. The Labute approximate surface area is 102 Å². The van der Waals surface area contributed by atoms with Crippen LogP contribution < -0.4 is 0 Å². The zero-order chi connectivity index (χ0) is 12.5. The van der Waals surface area contributed by atoms with E-state index in [9.17, 15) is 4.79 Å². The van der Waals surface area contributed by atoms with E-state index in [2.05, 4.69) is 0 Å². The van der Waals surface area contributed by atoms with E-state index in [1.165, 1.54) is 0 Å². The van der Waals surface area contributed by atoms with Gasteiger partial charge in [0.15, 0.2) is 6.29 Å². The molecule has 92 valence electrons. The first-order valence-electron chi connectivity index (χ1n) is 5.76. The van der Waals surface area contributed by atoms with E-state index < -0.39 is 0 Å². The normalized spacial score (nSPS) is 11.2. The molecule has 0 atom stereocenters. The molecule has 0 bridgehead atoms. The van der Waals surface area contributed by atoms with Crippen LogP contribution in [0.25, 0.3) is 6.08 Å². The van der Waals surface area contributed by atoms with E-state index in [1.807, 2.05) is 38.1 Å². The predicted molar refractivity (Wildman–Crippen MR) is 67.9 cm³/mol. The average Bonchev–Trinajstić information content (AvgIpc) is 2.37. The molecular weight excluding hydrogens is 216 g/mol. The topological polar surface area (TPSA) is 35.5 Å². The molecule has 0 N–H and O–H groups in total. The molecule has 0 saturated heterocycles. The van der Waals surface area contributed by atoms with Gasteiger partial charge in [-0.25, -0.2) is 0 Å². The fraction of sp³-hybridized carbons (Fsp3) is 0.357. The Morgan fingerprint density at radius 3 is 2.06 bits per heavy atom. The summed E-state index contributed by atoms with van der Waals surface area (Å²) in [4.78, 5) is 10.5. The zero-order valence-electron chi connectivity index (χ0n) is 10.3. The maximum Gasteiger partial charge on any atom is 0.177 e. The lowest BCUT2D eigenvalue weighted by atomic mass is 10.1. The van der Waals surface area contributed by atoms with Gasteiger partial charge in [-0.2, -0.15) is 0 Å². The molecule has 0 aromatic heterocycles. The van der Waals surface area contributed by atoms with Crippen molar-refractivity contribution in [1.29, 1.82) is 0 Å². The quantitative estimate of drug-likeness (QED) is 0.537. The fourth-order valence-electron chi connectivity index (χ4n) is 1.36. The van der Waals surface area contributed by atoms with Crippen LogP contribution in [0.5, 0.6) is 0 Å². The number of carbonyl (C=O) groups excluding carboxylic acids is 1. The highest BCUT2D eigenvalue weighted by Crippen LogP contribution is 2.07. The maximum atomic E-state index is 10.5. The fourth-order valence-corrected chi connectivity index (χ4v) is 1.36. The Balaban J connectivity index is 2.62. The van der Waals surface area contributed by atoms with Gasteiger partial charge in [-0.3, -0.25) is 4.79 Å². The molecule has 0 aliphatic rings. The van der Waals surface area contributed by atoms with Crippen molar-refractivity contribution in [2.75, 3.05) is 13.2 Å². The third-order valence-corrected chi connectivity index (χ3v) is 2.18. The van der Waals surface area contributed by atoms with Crippen molar-refractivity contribution in [2.45, 2.75) is 20.1 Å². The summed E-state index contributed by atoms with van der Waals surface area (Å²) < 4.78 is 10.8. The number of benzene rings is 1. The lowest BCUT2D eigenvalue weighted by molar-refractivity contribution is -0.103. The average molecular weight is 234 g/mol. The van der Waals surface area contributed by atoms with Gasteiger partial charge in [0.25, 0.3) is 0 Å². The van der Waals surface area contributed by atoms with Crippen LogP contribution in [0.2, 0.25) is 0 Å². The largest absolute Gasteiger partial charge is 0.349 e. The molecule has 1 rings (SSSR count). The van der Waals surface area contributed by atoms with Gasteiger partial charge in [0.2, 0.25) is 0 Å². The first-order valence-corrected chi connectivity index (χ1v) is 5.76. The highest BCUT2D eigenvalue weighted by atomic mass is 16.7. The van der Waals surface area contributed by atoms with Crippen LogP contribution in [0.15, 0.2) is 30.3 Å². The third-order valence-electron chi connectivity index (χ3n) is 2.18. The minimum atomic E-state index is -0.309. The minimum Gasteiger partial charge on any atom is -0.349 e. The van der Waals surface area contributed by atoms with Crippen molar-refractivity contribution in [2.24, 2.45) is 0 Å². The summed E-state index contributed by atoms with van der Waals surface area (Å²) in [7, 11) is 0. The Hall–Kier alpha value is -1.45. The van der Waals surface area contributed by atoms with Crippen molar-refractivity contribution in [1.82, 2.24) is 0 Å². The summed E-state index contributed by atoms with van der Waals surface area (Å²) in [6.07, 6.45) is 4.31. The van der Waals surface area contributed by atoms with E-state index >= 15 is 0 Å². The van der Waals surface area contributed by atoms with Gasteiger partial charge in [0, 0.05) is 18.8 Å². The van der Waals surface area contributed by atoms with Crippen LogP contribution in [0.4, 0.5) is 0 Å². The molecule has 0 aliphatic heterocycles. The molecule has 1 aromatic carbocycles. The summed E-state index contributed by atoms with van der Waals surface area (Å²) in [5, 5.41) is 0. The van der Waals surface area contributed by atoms with Crippen molar-refractivity contribution >= 4 is 12.4 Å². The van der Waals surface area contributed by atoms with Gasteiger partial charge in [0.1, 0.15) is 6.29 Å². The van der Waals surface area contributed by atoms with Crippen molar-refractivity contribution < 1.29 is 14.3 Å². The highest BCUT2D eigenvalue weighted by Gasteiger charge is 2.01. The number of hydrogen-bond donors (Lipinski definition) is 0. The Morgan fingerprint density at radius 1 is 1.06 bits per heavy atom. The predicted octanol–water partition coefficient (Wildman–Crippen LogP) is 2.91. The van der Waals surface area contributed by atoms with E-state index in [-0.39, 0.29) is 6.29 Å². The first-order chi connectivity index (χ1) is 8.30. The SMILES string of the molecule is CCOC(/C=C/c1ccc(C=O)cc1)OCC. The van der Waals surface area contributed by atoms with Gasteiger partial charge in [-0.05, 0) is 25.5 Å². The van der Waals surface area contributed by atoms with Gasteiger partial charge >= 0.3 is 0 Å². The number of rotatable bonds is 7. The Morgan fingerprint density at radius 2 is 1.59 bits per heavy atom. The van der Waals surface area contributed by atoms with Gasteiger partial charge < -0.3 is 9.47 Å².